The fraction of sp³-hybridized carbons (Fsp3) is 0.444. The molecule has 1 aromatic carbocycles. The van der Waals surface area contributed by atoms with Crippen molar-refractivity contribution < 1.29 is 26.7 Å². The van der Waals surface area contributed by atoms with Crippen LogP contribution in [0.1, 0.15) is 44.1 Å². The number of halogens is 5. The molecule has 24 heavy (non-hydrogen) atoms. The first-order valence-electron chi connectivity index (χ1n) is 7.84. The molecular formula is C18H19F5O. The highest BCUT2D eigenvalue weighted by atomic mass is 19.4. The highest BCUT2D eigenvalue weighted by Crippen LogP contribution is 2.39. The summed E-state index contributed by atoms with van der Waals surface area (Å²) >= 11 is 0. The van der Waals surface area contributed by atoms with Gasteiger partial charge in [0.05, 0.1) is 0 Å². The first-order valence-corrected chi connectivity index (χ1v) is 7.84. The number of hydrogen-bond donors (Lipinski definition) is 0. The van der Waals surface area contributed by atoms with Crippen molar-refractivity contribution in [2.45, 2.75) is 44.9 Å². The second-order valence-corrected chi connectivity index (χ2v) is 5.88. The number of ether oxygens (including phenoxy) is 1. The average Bonchev–Trinajstić information content (AvgIpc) is 2.51. The lowest BCUT2D eigenvalue weighted by Crippen LogP contribution is -2.19. The van der Waals surface area contributed by atoms with Crippen LogP contribution < -0.4 is 4.74 Å². The summed E-state index contributed by atoms with van der Waals surface area (Å²) in [6.45, 7) is 1.93. The van der Waals surface area contributed by atoms with E-state index in [0.717, 1.165) is 37.8 Å². The van der Waals surface area contributed by atoms with E-state index in [4.69, 9.17) is 0 Å². The van der Waals surface area contributed by atoms with Crippen molar-refractivity contribution in [2.24, 2.45) is 5.92 Å². The number of allylic oxidation sites excluding steroid dienone is 4. The molecule has 0 unspecified atom stereocenters. The fourth-order valence-electron chi connectivity index (χ4n) is 3.01. The average molecular weight is 346 g/mol. The maximum absolute atomic E-state index is 13.8. The molecule has 0 atom stereocenters. The monoisotopic (exact) mass is 346 g/mol. The zero-order chi connectivity index (χ0) is 17.7. The zero-order valence-corrected chi connectivity index (χ0v) is 13.2. The van der Waals surface area contributed by atoms with Gasteiger partial charge in [-0.15, -0.1) is 13.2 Å². The van der Waals surface area contributed by atoms with Crippen LogP contribution >= 0.6 is 0 Å². The van der Waals surface area contributed by atoms with Gasteiger partial charge in [-0.3, -0.25) is 0 Å². The van der Waals surface area contributed by atoms with E-state index < -0.39 is 23.7 Å². The van der Waals surface area contributed by atoms with Gasteiger partial charge in [0.25, 0.3) is 0 Å². The predicted molar refractivity (Wildman–Crippen MR) is 81.7 cm³/mol. The van der Waals surface area contributed by atoms with Crippen LogP contribution in [0, 0.1) is 17.6 Å². The minimum atomic E-state index is -5.12. The molecule has 1 saturated carbocycles. The molecule has 0 bridgehead atoms. The second-order valence-electron chi connectivity index (χ2n) is 5.88. The van der Waals surface area contributed by atoms with Crippen molar-refractivity contribution in [1.82, 2.24) is 0 Å². The van der Waals surface area contributed by atoms with E-state index >= 15 is 0 Å². The predicted octanol–water partition coefficient (Wildman–Crippen LogP) is 6.27. The summed E-state index contributed by atoms with van der Waals surface area (Å²) in [5, 5.41) is 0. The Morgan fingerprint density at radius 2 is 1.58 bits per heavy atom. The number of alkyl halides is 3. The molecular weight excluding hydrogens is 327 g/mol. The number of hydrogen-bond acceptors (Lipinski definition) is 1. The highest BCUT2D eigenvalue weighted by Gasteiger charge is 2.34. The molecule has 0 N–H and O–H groups in total. The SMILES string of the molecule is C/C=C/C=C/C1CCC(c2cc(F)c(OC(F)(F)F)c(F)c2)CC1. The van der Waals surface area contributed by atoms with Crippen molar-refractivity contribution in [3.05, 3.63) is 53.6 Å². The molecule has 6 heteroatoms. The van der Waals surface area contributed by atoms with Crippen molar-refractivity contribution >= 4 is 0 Å². The molecule has 2 rings (SSSR count). The Morgan fingerprint density at radius 1 is 1.00 bits per heavy atom. The summed E-state index contributed by atoms with van der Waals surface area (Å²) in [4.78, 5) is 0. The first kappa shape index (κ1) is 18.5. The Bertz CT molecular complexity index is 587. The molecule has 1 aliphatic rings. The molecule has 0 spiro atoms. The van der Waals surface area contributed by atoms with Crippen LogP contribution in [-0.2, 0) is 0 Å². The summed E-state index contributed by atoms with van der Waals surface area (Å²) in [5.41, 5.74) is 0.385. The van der Waals surface area contributed by atoms with E-state index in [1.165, 1.54) is 0 Å². The highest BCUT2D eigenvalue weighted by molar-refractivity contribution is 5.33. The van der Waals surface area contributed by atoms with E-state index in [-0.39, 0.29) is 5.92 Å². The van der Waals surface area contributed by atoms with Crippen LogP contribution in [-0.4, -0.2) is 6.36 Å². The Kier molecular flexibility index (Phi) is 6.02. The minimum absolute atomic E-state index is 0.0553. The third-order valence-corrected chi connectivity index (χ3v) is 4.17. The Labute approximate surface area is 137 Å². The first-order chi connectivity index (χ1) is 11.3. The second kappa shape index (κ2) is 7.81. The van der Waals surface area contributed by atoms with Crippen molar-refractivity contribution in [1.29, 1.82) is 0 Å². The van der Waals surface area contributed by atoms with Crippen molar-refractivity contribution in [2.75, 3.05) is 0 Å². The summed E-state index contributed by atoms with van der Waals surface area (Å²) in [6.07, 6.45) is 6.07. The molecule has 1 nitrogen and oxygen atoms in total. The van der Waals surface area contributed by atoms with Crippen LogP contribution in [0.15, 0.2) is 36.4 Å². The van der Waals surface area contributed by atoms with Crippen LogP contribution in [0.3, 0.4) is 0 Å². The van der Waals surface area contributed by atoms with Gasteiger partial charge in [-0.1, -0.05) is 24.3 Å². The maximum atomic E-state index is 13.8. The van der Waals surface area contributed by atoms with Crippen LogP contribution in [0.25, 0.3) is 0 Å². The lowest BCUT2D eigenvalue weighted by Gasteiger charge is -2.27. The molecule has 0 heterocycles. The number of benzene rings is 1. The van der Waals surface area contributed by atoms with Gasteiger partial charge in [0.15, 0.2) is 11.6 Å². The lowest BCUT2D eigenvalue weighted by molar-refractivity contribution is -0.276. The topological polar surface area (TPSA) is 9.23 Å². The summed E-state index contributed by atoms with van der Waals surface area (Å²) in [5.74, 6) is -3.68. The van der Waals surface area contributed by atoms with Gasteiger partial charge < -0.3 is 4.74 Å². The van der Waals surface area contributed by atoms with Gasteiger partial charge in [0, 0.05) is 0 Å². The fourth-order valence-corrected chi connectivity index (χ4v) is 3.01. The molecule has 0 amide bonds. The van der Waals surface area contributed by atoms with Gasteiger partial charge in [0.1, 0.15) is 0 Å². The molecule has 1 aliphatic carbocycles. The normalized spacial score (nSPS) is 22.4. The molecule has 0 aromatic heterocycles. The summed E-state index contributed by atoms with van der Waals surface area (Å²) in [7, 11) is 0. The van der Waals surface area contributed by atoms with Crippen molar-refractivity contribution in [3.8, 4) is 5.75 Å². The van der Waals surface area contributed by atoms with Gasteiger partial charge in [-0.05, 0) is 62.1 Å². The maximum Gasteiger partial charge on any atom is 0.573 e. The molecule has 132 valence electrons. The Balaban J connectivity index is 2.06. The zero-order valence-electron chi connectivity index (χ0n) is 13.2. The van der Waals surface area contributed by atoms with E-state index in [1.54, 1.807) is 0 Å². The van der Waals surface area contributed by atoms with Gasteiger partial charge in [-0.25, -0.2) is 8.78 Å². The molecule has 0 aliphatic heterocycles. The third kappa shape index (κ3) is 5.08. The molecule has 1 fully saturated rings. The third-order valence-electron chi connectivity index (χ3n) is 4.17. The van der Waals surface area contributed by atoms with Crippen LogP contribution in [0.2, 0.25) is 0 Å². The van der Waals surface area contributed by atoms with Crippen LogP contribution in [0.4, 0.5) is 22.0 Å². The summed E-state index contributed by atoms with van der Waals surface area (Å²) in [6, 6.07) is 1.90. The van der Waals surface area contributed by atoms with E-state index in [1.807, 2.05) is 25.2 Å². The molecule has 0 radical (unpaired) electrons. The lowest BCUT2D eigenvalue weighted by atomic mass is 9.78. The van der Waals surface area contributed by atoms with E-state index in [9.17, 15) is 22.0 Å². The largest absolute Gasteiger partial charge is 0.573 e. The van der Waals surface area contributed by atoms with E-state index in [2.05, 4.69) is 10.8 Å². The summed E-state index contributed by atoms with van der Waals surface area (Å²) < 4.78 is 67.5. The Morgan fingerprint density at radius 3 is 2.08 bits per heavy atom. The van der Waals surface area contributed by atoms with Crippen molar-refractivity contribution in [3.63, 3.8) is 0 Å². The standard InChI is InChI=1S/C18H19F5O/c1-2-3-4-5-12-6-8-13(9-7-12)14-10-15(19)17(16(20)11-14)24-18(21,22)23/h2-5,10-13H,6-9H2,1H3/b3-2+,5-4+. The van der Waals surface area contributed by atoms with Gasteiger partial charge >= 0.3 is 6.36 Å². The number of rotatable bonds is 4. The van der Waals surface area contributed by atoms with Crippen LogP contribution in [0.5, 0.6) is 5.75 Å². The quantitative estimate of drug-likeness (QED) is 0.461. The van der Waals surface area contributed by atoms with Gasteiger partial charge in [0.2, 0.25) is 5.75 Å². The Hall–Kier alpha value is -1.85. The molecule has 1 aromatic rings. The molecule has 0 saturated heterocycles. The van der Waals surface area contributed by atoms with Gasteiger partial charge in [-0.2, -0.15) is 0 Å². The van der Waals surface area contributed by atoms with E-state index in [0.29, 0.717) is 11.5 Å². The minimum Gasteiger partial charge on any atom is -0.399 e. The smallest absolute Gasteiger partial charge is 0.399 e.